The van der Waals surface area contributed by atoms with Crippen LogP contribution < -0.4 is 5.32 Å². The zero-order valence-electron chi connectivity index (χ0n) is 13.0. The number of rotatable bonds is 2. The number of nitrogens with zero attached hydrogens (tertiary/aromatic N) is 4. The molecule has 1 aromatic carbocycles. The highest BCUT2D eigenvalue weighted by atomic mass is 79.9. The van der Waals surface area contributed by atoms with Crippen molar-refractivity contribution in [3.8, 4) is 5.69 Å². The van der Waals surface area contributed by atoms with E-state index in [1.165, 1.54) is 0 Å². The molecule has 1 amide bonds. The molecule has 1 saturated heterocycles. The summed E-state index contributed by atoms with van der Waals surface area (Å²) in [5.41, 5.74) is 2.06. The average Bonchev–Trinajstić information content (AvgIpc) is 2.89. The zero-order valence-corrected chi connectivity index (χ0v) is 15.4. The van der Waals surface area contributed by atoms with E-state index in [-0.39, 0.29) is 24.4 Å². The maximum Gasteiger partial charge on any atom is 0.276 e. The van der Waals surface area contributed by atoms with Crippen LogP contribution in [0.4, 0.5) is 0 Å². The van der Waals surface area contributed by atoms with Crippen LogP contribution in [-0.2, 0) is 0 Å². The van der Waals surface area contributed by atoms with Crippen LogP contribution in [0.2, 0.25) is 0 Å². The third-order valence-corrected chi connectivity index (χ3v) is 4.41. The second-order valence-corrected chi connectivity index (χ2v) is 6.38. The molecule has 1 fully saturated rings. The van der Waals surface area contributed by atoms with Crippen LogP contribution in [0.3, 0.4) is 0 Å². The van der Waals surface area contributed by atoms with Crippen LogP contribution in [0.1, 0.15) is 23.1 Å². The van der Waals surface area contributed by atoms with Gasteiger partial charge in [0.25, 0.3) is 5.91 Å². The van der Waals surface area contributed by atoms with Gasteiger partial charge in [-0.25, -0.2) is 4.68 Å². The highest BCUT2D eigenvalue weighted by Crippen LogP contribution is 2.18. The molecule has 124 valence electrons. The second kappa shape index (κ2) is 7.42. The number of carbonyl (C=O) groups excluding carboxylic acids is 1. The normalized spacial score (nSPS) is 17.7. The third kappa shape index (κ3) is 3.57. The van der Waals surface area contributed by atoms with Gasteiger partial charge >= 0.3 is 0 Å². The lowest BCUT2D eigenvalue weighted by molar-refractivity contribution is 0.0649. The Morgan fingerprint density at radius 1 is 1.43 bits per heavy atom. The molecule has 1 N–H and O–H groups in total. The van der Waals surface area contributed by atoms with Gasteiger partial charge in [0, 0.05) is 30.1 Å². The average molecular weight is 401 g/mol. The van der Waals surface area contributed by atoms with Gasteiger partial charge in [-0.2, -0.15) is 0 Å². The molecule has 2 heterocycles. The molecule has 0 saturated carbocycles. The van der Waals surface area contributed by atoms with Gasteiger partial charge in [-0.05, 0) is 32.0 Å². The number of hydrogen-bond donors (Lipinski definition) is 1. The highest BCUT2D eigenvalue weighted by molar-refractivity contribution is 9.10. The molecular formula is C15H19BrClN5O. The summed E-state index contributed by atoms with van der Waals surface area (Å²) >= 11 is 3.45. The number of nitrogens with one attached hydrogen (secondary N) is 1. The monoisotopic (exact) mass is 399 g/mol. The fourth-order valence-electron chi connectivity index (χ4n) is 2.66. The first kappa shape index (κ1) is 17.9. The maximum absolute atomic E-state index is 12.7. The Morgan fingerprint density at radius 3 is 2.91 bits per heavy atom. The molecular weight excluding hydrogens is 382 g/mol. The number of aromatic nitrogens is 3. The predicted molar refractivity (Wildman–Crippen MR) is 94.4 cm³/mol. The number of amides is 1. The first-order chi connectivity index (χ1) is 10.6. The Morgan fingerprint density at radius 2 is 2.22 bits per heavy atom. The van der Waals surface area contributed by atoms with Gasteiger partial charge in [-0.1, -0.05) is 27.2 Å². The molecule has 0 spiro atoms. The molecule has 0 bridgehead atoms. The van der Waals surface area contributed by atoms with Crippen molar-refractivity contribution in [3.63, 3.8) is 0 Å². The van der Waals surface area contributed by atoms with E-state index < -0.39 is 0 Å². The summed E-state index contributed by atoms with van der Waals surface area (Å²) in [7, 11) is 0. The van der Waals surface area contributed by atoms with E-state index in [4.69, 9.17) is 0 Å². The summed E-state index contributed by atoms with van der Waals surface area (Å²) in [5, 5.41) is 11.6. The van der Waals surface area contributed by atoms with E-state index >= 15 is 0 Å². The van der Waals surface area contributed by atoms with Crippen LogP contribution in [0.25, 0.3) is 5.69 Å². The van der Waals surface area contributed by atoms with E-state index in [0.717, 1.165) is 28.9 Å². The number of hydrogen-bond acceptors (Lipinski definition) is 4. The largest absolute Gasteiger partial charge is 0.332 e. The van der Waals surface area contributed by atoms with Crippen LogP contribution in [0.5, 0.6) is 0 Å². The summed E-state index contributed by atoms with van der Waals surface area (Å²) < 4.78 is 2.66. The first-order valence-corrected chi connectivity index (χ1v) is 8.07. The molecule has 1 aliphatic heterocycles. The molecule has 8 heteroatoms. The predicted octanol–water partition coefficient (Wildman–Crippen LogP) is 2.19. The topological polar surface area (TPSA) is 63.1 Å². The van der Waals surface area contributed by atoms with Crippen molar-refractivity contribution < 1.29 is 4.79 Å². The zero-order chi connectivity index (χ0) is 15.7. The summed E-state index contributed by atoms with van der Waals surface area (Å²) in [5.74, 6) is -0.0484. The summed E-state index contributed by atoms with van der Waals surface area (Å²) in [6.07, 6.45) is 0. The standard InChI is InChI=1S/C15H18BrN5O.ClH/c1-10-9-17-6-7-20(10)15(22)14-11(2)21(19-18-14)13-5-3-4-12(16)8-13;/h3-5,8,10,17H,6-7,9H2,1-2H3;1H. The second-order valence-electron chi connectivity index (χ2n) is 5.47. The minimum absolute atomic E-state index is 0. The Kier molecular flexibility index (Phi) is 5.78. The first-order valence-electron chi connectivity index (χ1n) is 7.28. The Hall–Kier alpha value is -1.44. The maximum atomic E-state index is 12.7. The van der Waals surface area contributed by atoms with Crippen molar-refractivity contribution in [1.82, 2.24) is 25.2 Å². The Labute approximate surface area is 149 Å². The van der Waals surface area contributed by atoms with Crippen molar-refractivity contribution in [2.24, 2.45) is 0 Å². The van der Waals surface area contributed by atoms with Crippen molar-refractivity contribution in [2.75, 3.05) is 19.6 Å². The van der Waals surface area contributed by atoms with Gasteiger partial charge in [-0.15, -0.1) is 17.5 Å². The van der Waals surface area contributed by atoms with Crippen LogP contribution in [-0.4, -0.2) is 51.5 Å². The molecule has 1 aromatic heterocycles. The van der Waals surface area contributed by atoms with Crippen molar-refractivity contribution in [2.45, 2.75) is 19.9 Å². The highest BCUT2D eigenvalue weighted by Gasteiger charge is 2.28. The van der Waals surface area contributed by atoms with Gasteiger partial charge in [0.2, 0.25) is 0 Å². The van der Waals surface area contributed by atoms with Gasteiger partial charge in [0.1, 0.15) is 0 Å². The van der Waals surface area contributed by atoms with Crippen LogP contribution in [0, 0.1) is 6.92 Å². The molecule has 2 aromatic rings. The molecule has 6 nitrogen and oxygen atoms in total. The molecule has 1 atom stereocenters. The van der Waals surface area contributed by atoms with Gasteiger partial charge in [-0.3, -0.25) is 4.79 Å². The fraction of sp³-hybridized carbons (Fsp3) is 0.400. The Balaban J connectivity index is 0.00000192. The van der Waals surface area contributed by atoms with Crippen LogP contribution in [0.15, 0.2) is 28.7 Å². The van der Waals surface area contributed by atoms with E-state index in [1.54, 1.807) is 4.68 Å². The van der Waals surface area contributed by atoms with Crippen LogP contribution >= 0.6 is 28.3 Å². The fourth-order valence-corrected chi connectivity index (χ4v) is 3.05. The van der Waals surface area contributed by atoms with E-state index in [0.29, 0.717) is 12.2 Å². The van der Waals surface area contributed by atoms with Crippen molar-refractivity contribution in [1.29, 1.82) is 0 Å². The smallest absolute Gasteiger partial charge is 0.276 e. The summed E-state index contributed by atoms with van der Waals surface area (Å²) in [4.78, 5) is 14.6. The number of carbonyl (C=O) groups is 1. The van der Waals surface area contributed by atoms with Gasteiger partial charge < -0.3 is 10.2 Å². The molecule has 3 rings (SSSR count). The van der Waals surface area contributed by atoms with Crippen molar-refractivity contribution >= 4 is 34.2 Å². The molecule has 1 unspecified atom stereocenters. The summed E-state index contributed by atoms with van der Waals surface area (Å²) in [6, 6.07) is 7.93. The number of piperazine rings is 1. The molecule has 0 radical (unpaired) electrons. The minimum atomic E-state index is -0.0484. The molecule has 0 aliphatic carbocycles. The SMILES string of the molecule is Cc1c(C(=O)N2CCNCC2C)nnn1-c1cccc(Br)c1.Cl. The van der Waals surface area contributed by atoms with Gasteiger partial charge in [0.15, 0.2) is 5.69 Å². The summed E-state index contributed by atoms with van der Waals surface area (Å²) in [6.45, 7) is 6.24. The van der Waals surface area contributed by atoms with E-state index in [2.05, 4.69) is 31.6 Å². The third-order valence-electron chi connectivity index (χ3n) is 3.91. The van der Waals surface area contributed by atoms with E-state index in [9.17, 15) is 4.79 Å². The number of benzene rings is 1. The van der Waals surface area contributed by atoms with E-state index in [1.807, 2.05) is 43.0 Å². The lowest BCUT2D eigenvalue weighted by Gasteiger charge is -2.33. The Bertz CT molecular complexity index is 705. The minimum Gasteiger partial charge on any atom is -0.332 e. The quantitative estimate of drug-likeness (QED) is 0.839. The number of halogens is 2. The van der Waals surface area contributed by atoms with Crippen molar-refractivity contribution in [3.05, 3.63) is 40.1 Å². The lowest BCUT2D eigenvalue weighted by Crippen LogP contribution is -2.52. The lowest BCUT2D eigenvalue weighted by atomic mass is 10.2. The van der Waals surface area contributed by atoms with Gasteiger partial charge in [0.05, 0.1) is 11.4 Å². The molecule has 23 heavy (non-hydrogen) atoms. The molecule has 1 aliphatic rings.